The molecule has 6 nitrogen and oxygen atoms in total. The van der Waals surface area contributed by atoms with Gasteiger partial charge in [0, 0.05) is 51.5 Å². The first kappa shape index (κ1) is 17.3. The number of benzene rings is 1. The highest BCUT2D eigenvalue weighted by Crippen LogP contribution is 2.38. The van der Waals surface area contributed by atoms with Crippen LogP contribution in [-0.2, 0) is 4.74 Å². The summed E-state index contributed by atoms with van der Waals surface area (Å²) in [5, 5.41) is 11.5. The number of methoxy groups -OCH3 is 1. The van der Waals surface area contributed by atoms with Crippen LogP contribution in [0.3, 0.4) is 0 Å². The molecule has 0 aliphatic carbocycles. The lowest BCUT2D eigenvalue weighted by Crippen LogP contribution is -2.52. The molecule has 0 bridgehead atoms. The Labute approximate surface area is 139 Å². The topological polar surface area (TPSA) is 58.8 Å². The number of hydrogen-bond acceptors (Lipinski definition) is 5. The van der Waals surface area contributed by atoms with Gasteiger partial charge in [0.15, 0.2) is 0 Å². The number of halogens is 2. The minimum atomic E-state index is -0.493. The Balaban J connectivity index is 2.15. The van der Waals surface area contributed by atoms with Crippen LogP contribution >= 0.6 is 23.2 Å². The highest BCUT2D eigenvalue weighted by Gasteiger charge is 2.27. The van der Waals surface area contributed by atoms with Crippen molar-refractivity contribution in [3.8, 4) is 0 Å². The Kier molecular flexibility index (Phi) is 5.86. The van der Waals surface area contributed by atoms with Crippen LogP contribution in [0.25, 0.3) is 0 Å². The van der Waals surface area contributed by atoms with Crippen molar-refractivity contribution in [2.75, 3.05) is 44.8 Å². The summed E-state index contributed by atoms with van der Waals surface area (Å²) < 4.78 is 5.12. The number of hydrogen-bond donors (Lipinski definition) is 0. The zero-order valence-corrected chi connectivity index (χ0v) is 14.1. The highest BCUT2D eigenvalue weighted by molar-refractivity contribution is 6.39. The maximum Gasteiger partial charge on any atom is 0.272 e. The molecule has 22 heavy (non-hydrogen) atoms. The van der Waals surface area contributed by atoms with Gasteiger partial charge >= 0.3 is 0 Å². The summed E-state index contributed by atoms with van der Waals surface area (Å²) in [6, 6.07) is 3.03. The van der Waals surface area contributed by atoms with Crippen LogP contribution < -0.4 is 4.90 Å². The summed E-state index contributed by atoms with van der Waals surface area (Å²) in [6.07, 6.45) is 0. The molecule has 0 N–H and O–H groups in total. The van der Waals surface area contributed by atoms with Crippen molar-refractivity contribution in [1.29, 1.82) is 0 Å². The molecule has 1 aliphatic rings. The van der Waals surface area contributed by atoms with Crippen LogP contribution in [0.2, 0.25) is 10.0 Å². The number of ether oxygens (including phenoxy) is 1. The van der Waals surface area contributed by atoms with E-state index in [0.717, 1.165) is 26.2 Å². The summed E-state index contributed by atoms with van der Waals surface area (Å²) in [5.74, 6) is 0. The van der Waals surface area contributed by atoms with E-state index in [0.29, 0.717) is 28.4 Å². The van der Waals surface area contributed by atoms with Gasteiger partial charge in [0.25, 0.3) is 5.69 Å². The van der Waals surface area contributed by atoms with E-state index < -0.39 is 4.92 Å². The molecule has 0 saturated carbocycles. The number of nitrogens with zero attached hydrogens (tertiary/aromatic N) is 3. The van der Waals surface area contributed by atoms with Crippen LogP contribution in [0.1, 0.15) is 6.92 Å². The number of anilines is 1. The van der Waals surface area contributed by atoms with Gasteiger partial charge in [0.05, 0.1) is 27.3 Å². The van der Waals surface area contributed by atoms with E-state index in [1.54, 1.807) is 7.11 Å². The monoisotopic (exact) mass is 347 g/mol. The zero-order chi connectivity index (χ0) is 16.3. The Morgan fingerprint density at radius 3 is 2.50 bits per heavy atom. The quantitative estimate of drug-likeness (QED) is 0.605. The third kappa shape index (κ3) is 3.81. The molecule has 1 aliphatic heterocycles. The molecule has 122 valence electrons. The van der Waals surface area contributed by atoms with E-state index in [1.165, 1.54) is 12.1 Å². The third-order valence-electron chi connectivity index (χ3n) is 3.88. The minimum absolute atomic E-state index is 0.0921. The zero-order valence-electron chi connectivity index (χ0n) is 12.6. The first-order valence-electron chi connectivity index (χ1n) is 7.05. The predicted molar refractivity (Wildman–Crippen MR) is 88.2 cm³/mol. The van der Waals surface area contributed by atoms with Crippen LogP contribution in [-0.4, -0.2) is 55.8 Å². The molecule has 1 unspecified atom stereocenters. The van der Waals surface area contributed by atoms with E-state index in [4.69, 9.17) is 27.9 Å². The van der Waals surface area contributed by atoms with Gasteiger partial charge < -0.3 is 9.64 Å². The maximum atomic E-state index is 10.8. The fourth-order valence-electron chi connectivity index (χ4n) is 2.70. The van der Waals surface area contributed by atoms with Crippen molar-refractivity contribution in [2.24, 2.45) is 0 Å². The molecule has 0 aromatic heterocycles. The van der Waals surface area contributed by atoms with E-state index in [9.17, 15) is 10.1 Å². The van der Waals surface area contributed by atoms with Gasteiger partial charge in [-0.05, 0) is 6.92 Å². The number of non-ortho nitro benzene ring substituents is 1. The summed E-state index contributed by atoms with van der Waals surface area (Å²) in [4.78, 5) is 14.8. The second-order valence-electron chi connectivity index (χ2n) is 5.34. The molecule has 1 heterocycles. The van der Waals surface area contributed by atoms with Gasteiger partial charge in [0.2, 0.25) is 0 Å². The number of rotatable bonds is 5. The Bertz CT molecular complexity index is 533. The van der Waals surface area contributed by atoms with Crippen molar-refractivity contribution in [1.82, 2.24) is 4.90 Å². The number of piperazine rings is 1. The van der Waals surface area contributed by atoms with E-state index >= 15 is 0 Å². The Morgan fingerprint density at radius 1 is 1.36 bits per heavy atom. The van der Waals surface area contributed by atoms with Gasteiger partial charge in [-0.3, -0.25) is 15.0 Å². The van der Waals surface area contributed by atoms with Crippen LogP contribution in [0.4, 0.5) is 11.4 Å². The lowest BCUT2D eigenvalue weighted by molar-refractivity contribution is -0.384. The largest absolute Gasteiger partial charge is 0.383 e. The predicted octanol–water partition coefficient (Wildman–Crippen LogP) is 3.06. The Hall–Kier alpha value is -1.08. The third-order valence-corrected chi connectivity index (χ3v) is 4.45. The smallest absolute Gasteiger partial charge is 0.272 e. The van der Waals surface area contributed by atoms with E-state index in [1.807, 2.05) is 0 Å². The molecular formula is C14H19Cl2N3O3. The van der Waals surface area contributed by atoms with E-state index in [-0.39, 0.29) is 5.69 Å². The lowest BCUT2D eigenvalue weighted by atomic mass is 10.1. The molecule has 1 saturated heterocycles. The molecular weight excluding hydrogens is 329 g/mol. The Morgan fingerprint density at radius 2 is 2.00 bits per heavy atom. The summed E-state index contributed by atoms with van der Waals surface area (Å²) >= 11 is 12.4. The van der Waals surface area contributed by atoms with Crippen molar-refractivity contribution >= 4 is 34.6 Å². The molecule has 2 rings (SSSR count). The van der Waals surface area contributed by atoms with Crippen LogP contribution in [0, 0.1) is 10.1 Å². The fraction of sp³-hybridized carbons (Fsp3) is 0.571. The molecule has 8 heteroatoms. The molecule has 1 fully saturated rings. The molecule has 1 atom stereocenters. The first-order chi connectivity index (χ1) is 10.4. The van der Waals surface area contributed by atoms with Crippen molar-refractivity contribution in [3.05, 3.63) is 32.3 Å². The van der Waals surface area contributed by atoms with Gasteiger partial charge in [0.1, 0.15) is 0 Å². The van der Waals surface area contributed by atoms with Gasteiger partial charge in [-0.25, -0.2) is 0 Å². The SMILES string of the molecule is COCCN1CCN(c2c(Cl)cc([N+](=O)[O-])cc2Cl)CC1C. The molecule has 0 radical (unpaired) electrons. The molecule has 0 amide bonds. The van der Waals surface area contributed by atoms with Crippen molar-refractivity contribution in [2.45, 2.75) is 13.0 Å². The highest BCUT2D eigenvalue weighted by atomic mass is 35.5. The van der Waals surface area contributed by atoms with Gasteiger partial charge in [-0.1, -0.05) is 23.2 Å². The standard InChI is InChI=1S/C14H19Cl2N3O3/c1-10-9-18(4-3-17(10)5-6-22-2)14-12(15)7-11(19(20)21)8-13(14)16/h7-8,10H,3-6,9H2,1-2H3. The second-order valence-corrected chi connectivity index (χ2v) is 6.15. The number of nitro groups is 1. The van der Waals surface area contributed by atoms with Crippen molar-refractivity contribution < 1.29 is 9.66 Å². The average Bonchev–Trinajstić information content (AvgIpc) is 2.45. The lowest BCUT2D eigenvalue weighted by Gasteiger charge is -2.41. The van der Waals surface area contributed by atoms with Crippen LogP contribution in [0.15, 0.2) is 12.1 Å². The summed E-state index contributed by atoms with van der Waals surface area (Å²) in [6.45, 7) is 6.12. The summed E-state index contributed by atoms with van der Waals surface area (Å²) in [5.41, 5.74) is 0.581. The number of nitro benzene ring substituents is 1. The fourth-order valence-corrected chi connectivity index (χ4v) is 3.41. The van der Waals surface area contributed by atoms with Gasteiger partial charge in [-0.2, -0.15) is 0 Å². The molecule has 1 aromatic carbocycles. The van der Waals surface area contributed by atoms with Gasteiger partial charge in [-0.15, -0.1) is 0 Å². The average molecular weight is 348 g/mol. The van der Waals surface area contributed by atoms with Crippen molar-refractivity contribution in [3.63, 3.8) is 0 Å². The molecule has 0 spiro atoms. The maximum absolute atomic E-state index is 10.8. The van der Waals surface area contributed by atoms with E-state index in [2.05, 4.69) is 16.7 Å². The normalized spacial score (nSPS) is 19.5. The molecule has 1 aromatic rings. The van der Waals surface area contributed by atoms with Crippen LogP contribution in [0.5, 0.6) is 0 Å². The first-order valence-corrected chi connectivity index (χ1v) is 7.81. The second kappa shape index (κ2) is 7.46. The minimum Gasteiger partial charge on any atom is -0.383 e. The summed E-state index contributed by atoms with van der Waals surface area (Å²) in [7, 11) is 1.69.